The van der Waals surface area contributed by atoms with Crippen molar-refractivity contribution in [1.29, 1.82) is 0 Å². The molecule has 0 bridgehead atoms. The first-order chi connectivity index (χ1) is 11.6. The first-order valence-electron chi connectivity index (χ1n) is 7.85. The summed E-state index contributed by atoms with van der Waals surface area (Å²) in [7, 11) is 1.66. The summed E-state index contributed by atoms with van der Waals surface area (Å²) in [4.78, 5) is 25.9. The van der Waals surface area contributed by atoms with E-state index < -0.39 is 5.97 Å². The van der Waals surface area contributed by atoms with Gasteiger partial charge in [0.1, 0.15) is 10.6 Å². The number of carbonyl (C=O) groups excluding carboxylic acids is 1. The Bertz CT molecular complexity index is 747. The van der Waals surface area contributed by atoms with Crippen LogP contribution < -0.4 is 4.74 Å². The molecule has 1 aliphatic rings. The number of likely N-dealkylation sites (tertiary alicyclic amines) is 1. The molecule has 1 aromatic heterocycles. The standard InChI is InChI=1S/C18H19NO4S/c1-23-14-4-2-3-13(11-14)12-7-9-19(10-8-12)17(20)15-5-6-16(24-15)18(21)22/h2-6,11-12H,7-10H2,1H3,(H,21,22). The van der Waals surface area contributed by atoms with Gasteiger partial charge >= 0.3 is 5.97 Å². The normalized spacial score (nSPS) is 15.3. The summed E-state index contributed by atoms with van der Waals surface area (Å²) in [5.74, 6) is 0.209. The van der Waals surface area contributed by atoms with Gasteiger partial charge in [-0.15, -0.1) is 11.3 Å². The van der Waals surface area contributed by atoms with E-state index in [1.807, 2.05) is 17.0 Å². The molecule has 2 aromatic rings. The lowest BCUT2D eigenvalue weighted by Crippen LogP contribution is -2.37. The van der Waals surface area contributed by atoms with Crippen LogP contribution in [0.1, 0.15) is 43.7 Å². The van der Waals surface area contributed by atoms with Gasteiger partial charge in [0.2, 0.25) is 0 Å². The van der Waals surface area contributed by atoms with E-state index in [1.165, 1.54) is 11.6 Å². The second-order valence-corrected chi connectivity index (χ2v) is 6.90. The smallest absolute Gasteiger partial charge is 0.345 e. The summed E-state index contributed by atoms with van der Waals surface area (Å²) in [6.07, 6.45) is 1.80. The molecule has 3 rings (SSSR count). The summed E-state index contributed by atoms with van der Waals surface area (Å²) in [5.41, 5.74) is 1.24. The van der Waals surface area contributed by atoms with E-state index in [1.54, 1.807) is 13.2 Å². The van der Waals surface area contributed by atoms with Crippen LogP contribution >= 0.6 is 11.3 Å². The summed E-state index contributed by atoms with van der Waals surface area (Å²) in [6, 6.07) is 11.2. The van der Waals surface area contributed by atoms with Crippen molar-refractivity contribution in [2.45, 2.75) is 18.8 Å². The number of carboxylic acids is 1. The molecule has 1 amide bonds. The first-order valence-corrected chi connectivity index (χ1v) is 8.66. The Morgan fingerprint density at radius 3 is 2.50 bits per heavy atom. The average molecular weight is 345 g/mol. The molecule has 1 aromatic carbocycles. The highest BCUT2D eigenvalue weighted by molar-refractivity contribution is 7.15. The molecule has 0 spiro atoms. The fraction of sp³-hybridized carbons (Fsp3) is 0.333. The van der Waals surface area contributed by atoms with Crippen molar-refractivity contribution in [1.82, 2.24) is 4.90 Å². The zero-order valence-electron chi connectivity index (χ0n) is 13.4. The lowest BCUT2D eigenvalue weighted by molar-refractivity contribution is 0.0699. The van der Waals surface area contributed by atoms with E-state index in [4.69, 9.17) is 9.84 Å². The monoisotopic (exact) mass is 345 g/mol. The van der Waals surface area contributed by atoms with Crippen molar-refractivity contribution in [3.05, 3.63) is 51.7 Å². The van der Waals surface area contributed by atoms with Crippen LogP contribution in [0.3, 0.4) is 0 Å². The molecule has 0 aliphatic carbocycles. The van der Waals surface area contributed by atoms with Crippen molar-refractivity contribution in [3.8, 4) is 5.75 Å². The number of rotatable bonds is 4. The highest BCUT2D eigenvalue weighted by atomic mass is 32.1. The van der Waals surface area contributed by atoms with Crippen LogP contribution in [0.4, 0.5) is 0 Å². The van der Waals surface area contributed by atoms with Gasteiger partial charge in [-0.05, 0) is 48.6 Å². The van der Waals surface area contributed by atoms with Crippen molar-refractivity contribution < 1.29 is 19.4 Å². The molecule has 5 nitrogen and oxygen atoms in total. The zero-order chi connectivity index (χ0) is 17.1. The second-order valence-electron chi connectivity index (χ2n) is 5.81. The van der Waals surface area contributed by atoms with Crippen LogP contribution in [0.2, 0.25) is 0 Å². The lowest BCUT2D eigenvalue weighted by atomic mass is 9.89. The minimum atomic E-state index is -0.990. The number of carboxylic acid groups (broad SMARTS) is 1. The highest BCUT2D eigenvalue weighted by Crippen LogP contribution is 2.31. The van der Waals surface area contributed by atoms with Gasteiger partial charge in [0.15, 0.2) is 0 Å². The molecule has 2 heterocycles. The molecule has 1 saturated heterocycles. The number of hydrogen-bond donors (Lipinski definition) is 1. The van der Waals surface area contributed by atoms with E-state index in [2.05, 4.69) is 12.1 Å². The predicted octanol–water partition coefficient (Wildman–Crippen LogP) is 3.47. The van der Waals surface area contributed by atoms with Crippen molar-refractivity contribution >= 4 is 23.2 Å². The van der Waals surface area contributed by atoms with Crippen molar-refractivity contribution in [2.75, 3.05) is 20.2 Å². The van der Waals surface area contributed by atoms with E-state index in [-0.39, 0.29) is 10.8 Å². The van der Waals surface area contributed by atoms with Crippen LogP contribution in [-0.2, 0) is 0 Å². The van der Waals surface area contributed by atoms with Gasteiger partial charge in [-0.2, -0.15) is 0 Å². The molecule has 0 atom stereocenters. The Kier molecular flexibility index (Phi) is 4.85. The molecule has 0 saturated carbocycles. The maximum absolute atomic E-state index is 12.5. The van der Waals surface area contributed by atoms with E-state index in [0.717, 1.165) is 29.9 Å². The SMILES string of the molecule is COc1cccc(C2CCN(C(=O)c3ccc(C(=O)O)s3)CC2)c1. The molecule has 0 unspecified atom stereocenters. The van der Waals surface area contributed by atoms with Crippen LogP contribution in [0.5, 0.6) is 5.75 Å². The van der Waals surface area contributed by atoms with Crippen molar-refractivity contribution in [2.24, 2.45) is 0 Å². The zero-order valence-corrected chi connectivity index (χ0v) is 14.2. The summed E-state index contributed by atoms with van der Waals surface area (Å²) in [6.45, 7) is 1.36. The number of thiophene rings is 1. The predicted molar refractivity (Wildman–Crippen MR) is 92.2 cm³/mol. The Morgan fingerprint density at radius 2 is 1.88 bits per heavy atom. The Hall–Kier alpha value is -2.34. The van der Waals surface area contributed by atoms with Crippen molar-refractivity contribution in [3.63, 3.8) is 0 Å². The van der Waals surface area contributed by atoms with Gasteiger partial charge in [0.25, 0.3) is 5.91 Å². The molecule has 24 heavy (non-hydrogen) atoms. The average Bonchev–Trinajstić information content (AvgIpc) is 3.12. The van der Waals surface area contributed by atoms with Gasteiger partial charge in [0.05, 0.1) is 12.0 Å². The maximum atomic E-state index is 12.5. The van der Waals surface area contributed by atoms with E-state index >= 15 is 0 Å². The van der Waals surface area contributed by atoms with Gasteiger partial charge in [-0.1, -0.05) is 12.1 Å². The third kappa shape index (κ3) is 3.43. The largest absolute Gasteiger partial charge is 0.497 e. The molecule has 1 fully saturated rings. The van der Waals surface area contributed by atoms with Gasteiger partial charge < -0.3 is 14.7 Å². The topological polar surface area (TPSA) is 66.8 Å². The molecule has 0 radical (unpaired) electrons. The Balaban J connectivity index is 1.63. The fourth-order valence-electron chi connectivity index (χ4n) is 3.03. The maximum Gasteiger partial charge on any atom is 0.345 e. The lowest BCUT2D eigenvalue weighted by Gasteiger charge is -2.32. The third-order valence-electron chi connectivity index (χ3n) is 4.37. The number of hydrogen-bond acceptors (Lipinski definition) is 4. The molecular weight excluding hydrogens is 326 g/mol. The number of methoxy groups -OCH3 is 1. The highest BCUT2D eigenvalue weighted by Gasteiger charge is 2.26. The Labute approximate surface area is 144 Å². The van der Waals surface area contributed by atoms with Crippen LogP contribution in [0, 0.1) is 0 Å². The Morgan fingerprint density at radius 1 is 1.17 bits per heavy atom. The number of amides is 1. The third-order valence-corrected chi connectivity index (χ3v) is 5.44. The van der Waals surface area contributed by atoms with E-state index in [0.29, 0.717) is 23.9 Å². The van der Waals surface area contributed by atoms with Crippen LogP contribution in [0.25, 0.3) is 0 Å². The molecule has 1 aliphatic heterocycles. The van der Waals surface area contributed by atoms with Gasteiger partial charge in [-0.25, -0.2) is 4.79 Å². The quantitative estimate of drug-likeness (QED) is 0.921. The second kappa shape index (κ2) is 7.05. The molecule has 126 valence electrons. The number of aromatic carboxylic acids is 1. The minimum Gasteiger partial charge on any atom is -0.497 e. The number of nitrogens with zero attached hydrogens (tertiary/aromatic N) is 1. The molecule has 6 heteroatoms. The molecule has 1 N–H and O–H groups in total. The summed E-state index contributed by atoms with van der Waals surface area (Å²) >= 11 is 1.04. The summed E-state index contributed by atoms with van der Waals surface area (Å²) in [5, 5.41) is 8.97. The fourth-order valence-corrected chi connectivity index (χ4v) is 3.85. The van der Waals surface area contributed by atoms with Crippen LogP contribution in [0.15, 0.2) is 36.4 Å². The van der Waals surface area contributed by atoms with E-state index in [9.17, 15) is 9.59 Å². The molecular formula is C18H19NO4S. The number of ether oxygens (including phenoxy) is 1. The van der Waals surface area contributed by atoms with Gasteiger partial charge in [-0.3, -0.25) is 4.79 Å². The number of benzene rings is 1. The minimum absolute atomic E-state index is 0.0726. The summed E-state index contributed by atoms with van der Waals surface area (Å²) < 4.78 is 5.27. The van der Waals surface area contributed by atoms with Gasteiger partial charge in [0, 0.05) is 13.1 Å². The first kappa shape index (κ1) is 16.5. The number of carbonyl (C=O) groups is 2. The van der Waals surface area contributed by atoms with Crippen LogP contribution in [-0.4, -0.2) is 42.1 Å². The number of piperidine rings is 1.